The maximum absolute atomic E-state index is 14.9. The molecule has 27 heavy (non-hydrogen) atoms. The molecule has 1 saturated carbocycles. The van der Waals surface area contributed by atoms with Crippen LogP contribution in [0.4, 0.5) is 4.39 Å². The molecule has 3 heterocycles. The zero-order valence-electron chi connectivity index (χ0n) is 14.3. The molecule has 1 fully saturated rings. The Labute approximate surface area is 156 Å². The van der Waals surface area contributed by atoms with Crippen LogP contribution < -0.4 is 15.7 Å². The van der Waals surface area contributed by atoms with Gasteiger partial charge in [0.25, 0.3) is 5.56 Å². The highest BCUT2D eigenvalue weighted by molar-refractivity contribution is 7.12. The molecule has 0 saturated heterocycles. The first-order valence-corrected chi connectivity index (χ1v) is 9.30. The highest BCUT2D eigenvalue weighted by Gasteiger charge is 2.29. The second-order valence-corrected chi connectivity index (χ2v) is 7.35. The molecule has 1 aromatic carbocycles. The van der Waals surface area contributed by atoms with E-state index in [0.29, 0.717) is 21.9 Å². The second-order valence-electron chi connectivity index (χ2n) is 6.56. The number of H-pyrrole nitrogens is 1. The highest BCUT2D eigenvalue weighted by Crippen LogP contribution is 2.40. The lowest BCUT2D eigenvalue weighted by atomic mass is 10.1. The molecule has 0 bridgehead atoms. The topological polar surface area (TPSA) is 77.0 Å². The minimum atomic E-state index is -0.561. The predicted octanol–water partition coefficient (Wildman–Crippen LogP) is 3.45. The van der Waals surface area contributed by atoms with E-state index >= 15 is 0 Å². The molecule has 0 aliphatic heterocycles. The molecule has 1 N–H and O–H groups in total. The number of hydrogen-bond donors (Lipinski definition) is 1. The van der Waals surface area contributed by atoms with Crippen LogP contribution in [-0.2, 0) is 0 Å². The van der Waals surface area contributed by atoms with Gasteiger partial charge in [-0.2, -0.15) is 0 Å². The van der Waals surface area contributed by atoms with Crippen LogP contribution in [0.3, 0.4) is 0 Å². The molecule has 1 aliphatic carbocycles. The first-order valence-electron chi connectivity index (χ1n) is 8.49. The van der Waals surface area contributed by atoms with Gasteiger partial charge in [0, 0.05) is 23.1 Å². The van der Waals surface area contributed by atoms with Gasteiger partial charge in [-0.3, -0.25) is 14.0 Å². The van der Waals surface area contributed by atoms with Crippen LogP contribution >= 0.6 is 11.5 Å². The number of aromatic nitrogens is 3. The van der Waals surface area contributed by atoms with E-state index in [0.717, 1.165) is 24.4 Å². The first-order chi connectivity index (χ1) is 13.1. The number of aromatic amines is 1. The van der Waals surface area contributed by atoms with E-state index < -0.39 is 16.8 Å². The van der Waals surface area contributed by atoms with Crippen LogP contribution in [-0.4, -0.2) is 21.0 Å². The lowest BCUT2D eigenvalue weighted by Crippen LogP contribution is -2.15. The van der Waals surface area contributed by atoms with E-state index in [4.69, 9.17) is 4.74 Å². The lowest BCUT2D eigenvalue weighted by Gasteiger charge is -2.13. The number of nitrogens with one attached hydrogen (secondary N) is 1. The van der Waals surface area contributed by atoms with Gasteiger partial charge in [-0.05, 0) is 42.6 Å². The van der Waals surface area contributed by atoms with E-state index in [-0.39, 0.29) is 22.4 Å². The number of nitrogens with zero attached hydrogens (tertiary/aromatic N) is 2. The summed E-state index contributed by atoms with van der Waals surface area (Å²) in [5, 5.41) is 0.313. The molecule has 0 spiro atoms. The van der Waals surface area contributed by atoms with E-state index in [9.17, 15) is 14.0 Å². The average Bonchev–Trinajstić information content (AvgIpc) is 3.44. The number of benzene rings is 1. The van der Waals surface area contributed by atoms with Crippen molar-refractivity contribution in [2.45, 2.75) is 18.9 Å². The molecule has 5 rings (SSSR count). The molecule has 8 heteroatoms. The third-order valence-corrected chi connectivity index (χ3v) is 5.72. The van der Waals surface area contributed by atoms with E-state index in [1.807, 2.05) is 4.57 Å². The van der Waals surface area contributed by atoms with Gasteiger partial charge in [-0.25, -0.2) is 9.37 Å². The summed E-state index contributed by atoms with van der Waals surface area (Å²) >= 11 is 1.15. The van der Waals surface area contributed by atoms with Crippen molar-refractivity contribution in [2.75, 3.05) is 7.11 Å². The summed E-state index contributed by atoms with van der Waals surface area (Å²) in [6, 6.07) is 8.18. The molecule has 0 radical (unpaired) electrons. The third kappa shape index (κ3) is 2.40. The van der Waals surface area contributed by atoms with Crippen LogP contribution in [0, 0.1) is 5.82 Å². The van der Waals surface area contributed by atoms with E-state index in [1.54, 1.807) is 24.3 Å². The Morgan fingerprint density at radius 3 is 2.85 bits per heavy atom. The molecule has 6 nitrogen and oxygen atoms in total. The van der Waals surface area contributed by atoms with Gasteiger partial charge in [0.15, 0.2) is 0 Å². The molecule has 0 atom stereocenters. The number of fused-ring (bicyclic) bond motifs is 2. The quantitative estimate of drug-likeness (QED) is 0.588. The van der Waals surface area contributed by atoms with Crippen LogP contribution in [0.15, 0.2) is 39.9 Å². The predicted molar refractivity (Wildman–Crippen MR) is 102 cm³/mol. The first kappa shape index (κ1) is 16.2. The minimum Gasteiger partial charge on any atom is -0.481 e. The Morgan fingerprint density at radius 2 is 2.11 bits per heavy atom. The van der Waals surface area contributed by atoms with Gasteiger partial charge in [0.1, 0.15) is 16.0 Å². The van der Waals surface area contributed by atoms with E-state index in [1.165, 1.54) is 13.2 Å². The smallest absolute Gasteiger partial charge is 0.271 e. The normalized spacial score (nSPS) is 14.1. The summed E-state index contributed by atoms with van der Waals surface area (Å²) in [7, 11) is 1.50. The number of methoxy groups -OCH3 is 1. The molecule has 136 valence electrons. The van der Waals surface area contributed by atoms with Crippen molar-refractivity contribution in [3.8, 4) is 17.1 Å². The van der Waals surface area contributed by atoms with Crippen molar-refractivity contribution < 1.29 is 9.13 Å². The molecular weight excluding hydrogens is 369 g/mol. The SMILES string of the molecule is COc1cccc(-c2cc3c(cc2F)c(=O)c2c(=O)[nH]sc2n3C2CC2)n1. The molecular formula is C19H14FN3O3S. The van der Waals surface area contributed by atoms with Gasteiger partial charge in [0.2, 0.25) is 11.3 Å². The summed E-state index contributed by atoms with van der Waals surface area (Å²) < 4.78 is 24.6. The summed E-state index contributed by atoms with van der Waals surface area (Å²) in [4.78, 5) is 29.9. The lowest BCUT2D eigenvalue weighted by molar-refractivity contribution is 0.398. The zero-order chi connectivity index (χ0) is 18.7. The number of hydrogen-bond acceptors (Lipinski definition) is 5. The molecule has 1 aliphatic rings. The highest BCUT2D eigenvalue weighted by atomic mass is 32.1. The average molecular weight is 383 g/mol. The number of halogens is 1. The Hall–Kier alpha value is -3.00. The van der Waals surface area contributed by atoms with Crippen molar-refractivity contribution in [1.29, 1.82) is 0 Å². The van der Waals surface area contributed by atoms with Crippen molar-refractivity contribution in [2.24, 2.45) is 0 Å². The zero-order valence-corrected chi connectivity index (χ0v) is 15.1. The van der Waals surface area contributed by atoms with Crippen LogP contribution in [0.25, 0.3) is 32.4 Å². The van der Waals surface area contributed by atoms with Crippen LogP contribution in [0.1, 0.15) is 18.9 Å². The standard InChI is InChI=1S/C19H14FN3O3S/c1-26-15-4-2-3-13(21-15)10-8-14-11(7-12(10)20)17(24)16-18(25)22-27-19(16)23(14)9-5-6-9/h2-4,7-9H,5-6H2,1H3,(H,22,25). The molecule has 0 unspecified atom stereocenters. The van der Waals surface area contributed by atoms with Gasteiger partial charge >= 0.3 is 0 Å². The van der Waals surface area contributed by atoms with Gasteiger partial charge in [0.05, 0.1) is 18.3 Å². The maximum atomic E-state index is 14.9. The number of ether oxygens (including phenoxy) is 1. The van der Waals surface area contributed by atoms with Crippen molar-refractivity contribution in [3.05, 3.63) is 56.7 Å². The van der Waals surface area contributed by atoms with Crippen molar-refractivity contribution >= 4 is 32.7 Å². The summed E-state index contributed by atoms with van der Waals surface area (Å²) in [5.74, 6) is -0.181. The molecule has 0 amide bonds. The third-order valence-electron chi connectivity index (χ3n) is 4.84. The van der Waals surface area contributed by atoms with Gasteiger partial charge in [-0.15, -0.1) is 0 Å². The van der Waals surface area contributed by atoms with Crippen LogP contribution in [0.5, 0.6) is 5.88 Å². The van der Waals surface area contributed by atoms with Crippen molar-refractivity contribution in [3.63, 3.8) is 0 Å². The summed E-state index contributed by atoms with van der Waals surface area (Å²) in [6.45, 7) is 0. The Kier molecular flexibility index (Phi) is 3.45. The maximum Gasteiger partial charge on any atom is 0.271 e. The fourth-order valence-electron chi connectivity index (χ4n) is 3.42. The Bertz CT molecular complexity index is 1330. The second kappa shape index (κ2) is 5.75. The number of pyridine rings is 2. The molecule has 3 aromatic heterocycles. The monoisotopic (exact) mass is 383 g/mol. The fourth-order valence-corrected chi connectivity index (χ4v) is 4.35. The summed E-state index contributed by atoms with van der Waals surface area (Å²) in [5.41, 5.74) is 0.466. The largest absolute Gasteiger partial charge is 0.481 e. The van der Waals surface area contributed by atoms with Crippen molar-refractivity contribution in [1.82, 2.24) is 13.9 Å². The Balaban J connectivity index is 1.90. The van der Waals surface area contributed by atoms with E-state index in [2.05, 4.69) is 9.36 Å². The fraction of sp³-hybridized carbons (Fsp3) is 0.211. The van der Waals surface area contributed by atoms with Crippen LogP contribution in [0.2, 0.25) is 0 Å². The molecule has 4 aromatic rings. The Morgan fingerprint density at radius 1 is 1.30 bits per heavy atom. The summed E-state index contributed by atoms with van der Waals surface area (Å²) in [6.07, 6.45) is 1.92. The van der Waals surface area contributed by atoms with Gasteiger partial charge in [-0.1, -0.05) is 6.07 Å². The minimum absolute atomic E-state index is 0.103. The number of rotatable bonds is 3. The van der Waals surface area contributed by atoms with Gasteiger partial charge < -0.3 is 9.30 Å².